The molecule has 3 aromatic rings. The maximum absolute atomic E-state index is 10.5. The molecule has 4 nitrogen and oxygen atoms in total. The van der Waals surface area contributed by atoms with Crippen molar-refractivity contribution in [2.75, 3.05) is 6.61 Å². The van der Waals surface area contributed by atoms with Crippen molar-refractivity contribution in [1.29, 1.82) is 0 Å². The Morgan fingerprint density at radius 3 is 2.42 bits per heavy atom. The smallest absolute Gasteiger partial charge is 0.141 e. The molecule has 1 N–H and O–H groups in total. The van der Waals surface area contributed by atoms with Gasteiger partial charge in [-0.15, -0.1) is 0 Å². The summed E-state index contributed by atoms with van der Waals surface area (Å²) in [6.07, 6.45) is 1.92. The molecular weight excluding hydrogens is 324 g/mol. The van der Waals surface area contributed by atoms with E-state index in [-0.39, 0.29) is 0 Å². The number of imidazole rings is 1. The number of para-hydroxylation sites is 2. The Labute approximate surface area is 155 Å². The molecule has 0 saturated carbocycles. The predicted molar refractivity (Wildman–Crippen MR) is 106 cm³/mol. The molecule has 0 saturated heterocycles. The summed E-state index contributed by atoms with van der Waals surface area (Å²) in [5, 5.41) is 10.5. The first kappa shape index (κ1) is 18.5. The van der Waals surface area contributed by atoms with Crippen molar-refractivity contribution in [1.82, 2.24) is 9.55 Å². The van der Waals surface area contributed by atoms with E-state index in [1.165, 1.54) is 11.1 Å². The molecule has 0 aliphatic heterocycles. The highest BCUT2D eigenvalue weighted by Gasteiger charge is 2.24. The van der Waals surface area contributed by atoms with Crippen LogP contribution in [0.4, 0.5) is 0 Å². The molecule has 0 spiro atoms. The fourth-order valence-corrected chi connectivity index (χ4v) is 3.35. The molecule has 4 heteroatoms. The molecule has 1 heterocycles. The molecule has 0 aliphatic carbocycles. The van der Waals surface area contributed by atoms with E-state index in [0.717, 1.165) is 36.2 Å². The number of nitrogens with zero attached hydrogens (tertiary/aromatic N) is 2. The summed E-state index contributed by atoms with van der Waals surface area (Å²) in [7, 11) is 0. The number of ether oxygens (including phenoxy) is 1. The fraction of sp³-hybridized carbons (Fsp3) is 0.409. The van der Waals surface area contributed by atoms with Gasteiger partial charge in [0.25, 0.3) is 0 Å². The third-order valence-electron chi connectivity index (χ3n) is 4.44. The van der Waals surface area contributed by atoms with E-state index in [9.17, 15) is 5.11 Å². The van der Waals surface area contributed by atoms with Gasteiger partial charge in [-0.2, -0.15) is 0 Å². The van der Waals surface area contributed by atoms with Crippen LogP contribution in [0.25, 0.3) is 11.0 Å². The van der Waals surface area contributed by atoms with Crippen LogP contribution in [0.15, 0.2) is 42.5 Å². The van der Waals surface area contributed by atoms with Gasteiger partial charge in [0, 0.05) is 6.54 Å². The number of hydrogen-bond acceptors (Lipinski definition) is 3. The molecule has 0 atom stereocenters. The zero-order valence-electron chi connectivity index (χ0n) is 16.1. The Morgan fingerprint density at radius 1 is 1.04 bits per heavy atom. The highest BCUT2D eigenvalue weighted by molar-refractivity contribution is 5.76. The topological polar surface area (TPSA) is 47.3 Å². The molecule has 26 heavy (non-hydrogen) atoms. The molecule has 0 bridgehead atoms. The number of unbranched alkanes of at least 4 members (excludes halogenated alkanes) is 1. The number of benzene rings is 2. The molecule has 2 aromatic carbocycles. The summed E-state index contributed by atoms with van der Waals surface area (Å²) < 4.78 is 8.03. The molecule has 138 valence electrons. The average Bonchev–Trinajstić information content (AvgIpc) is 2.93. The van der Waals surface area contributed by atoms with Gasteiger partial charge in [-0.05, 0) is 75.9 Å². The predicted octanol–water partition coefficient (Wildman–Crippen LogP) is 4.74. The summed E-state index contributed by atoms with van der Waals surface area (Å²) in [4.78, 5) is 4.63. The molecule has 0 aliphatic rings. The van der Waals surface area contributed by atoms with Gasteiger partial charge in [-0.25, -0.2) is 4.98 Å². The maximum Gasteiger partial charge on any atom is 0.141 e. The monoisotopic (exact) mass is 352 g/mol. The van der Waals surface area contributed by atoms with Gasteiger partial charge < -0.3 is 14.4 Å². The van der Waals surface area contributed by atoms with Crippen molar-refractivity contribution < 1.29 is 9.84 Å². The minimum Gasteiger partial charge on any atom is -0.494 e. The molecule has 0 unspecified atom stereocenters. The quantitative estimate of drug-likeness (QED) is 0.625. The Hall–Kier alpha value is -2.33. The summed E-state index contributed by atoms with van der Waals surface area (Å²) in [6, 6.07) is 14.3. The Bertz CT molecular complexity index is 871. The summed E-state index contributed by atoms with van der Waals surface area (Å²) >= 11 is 0. The van der Waals surface area contributed by atoms with Crippen molar-refractivity contribution in [3.8, 4) is 5.75 Å². The maximum atomic E-state index is 10.5. The largest absolute Gasteiger partial charge is 0.494 e. The van der Waals surface area contributed by atoms with Crippen LogP contribution in [-0.4, -0.2) is 21.3 Å². The normalized spacial score (nSPS) is 11.9. The lowest BCUT2D eigenvalue weighted by atomic mass is 10.1. The van der Waals surface area contributed by atoms with E-state index < -0.39 is 5.60 Å². The second-order valence-electron chi connectivity index (χ2n) is 7.51. The number of hydrogen-bond donors (Lipinski definition) is 1. The summed E-state index contributed by atoms with van der Waals surface area (Å²) in [5.74, 6) is 1.65. The van der Waals surface area contributed by atoms with E-state index in [1.807, 2.05) is 18.2 Å². The zero-order chi connectivity index (χ0) is 18.7. The Kier molecular flexibility index (Phi) is 5.33. The van der Waals surface area contributed by atoms with E-state index >= 15 is 0 Å². The molecule has 3 rings (SSSR count). The zero-order valence-corrected chi connectivity index (χ0v) is 16.1. The van der Waals surface area contributed by atoms with Crippen LogP contribution in [0.3, 0.4) is 0 Å². The van der Waals surface area contributed by atoms with Crippen LogP contribution in [0.2, 0.25) is 0 Å². The van der Waals surface area contributed by atoms with E-state index in [1.54, 1.807) is 13.8 Å². The van der Waals surface area contributed by atoms with Crippen molar-refractivity contribution in [2.24, 2.45) is 0 Å². The second kappa shape index (κ2) is 7.50. The second-order valence-corrected chi connectivity index (χ2v) is 7.51. The van der Waals surface area contributed by atoms with Gasteiger partial charge in [-0.3, -0.25) is 0 Å². The summed E-state index contributed by atoms with van der Waals surface area (Å²) in [6.45, 7) is 9.25. The molecule has 0 fully saturated rings. The highest BCUT2D eigenvalue weighted by atomic mass is 16.5. The lowest BCUT2D eigenvalue weighted by Gasteiger charge is -2.19. The first-order valence-electron chi connectivity index (χ1n) is 9.24. The molecule has 0 radical (unpaired) electrons. The van der Waals surface area contributed by atoms with Gasteiger partial charge in [-0.1, -0.05) is 18.2 Å². The number of fused-ring (bicyclic) bond motifs is 1. The fourth-order valence-electron chi connectivity index (χ4n) is 3.35. The Balaban J connectivity index is 1.63. The third kappa shape index (κ3) is 4.25. The lowest BCUT2D eigenvalue weighted by Crippen LogP contribution is -2.22. The number of aromatic nitrogens is 2. The summed E-state index contributed by atoms with van der Waals surface area (Å²) in [5.41, 5.74) is 3.48. The molecule has 1 aromatic heterocycles. The van der Waals surface area contributed by atoms with Gasteiger partial charge >= 0.3 is 0 Å². The number of aliphatic hydroxyl groups is 1. The van der Waals surface area contributed by atoms with Crippen molar-refractivity contribution in [2.45, 2.75) is 52.7 Å². The minimum atomic E-state index is -0.964. The van der Waals surface area contributed by atoms with Crippen molar-refractivity contribution in [3.63, 3.8) is 0 Å². The van der Waals surface area contributed by atoms with Crippen molar-refractivity contribution >= 4 is 11.0 Å². The van der Waals surface area contributed by atoms with Crippen LogP contribution in [0.1, 0.15) is 43.6 Å². The average molecular weight is 352 g/mol. The molecule has 0 amide bonds. The SMILES string of the molecule is Cc1cc(C)cc(OCCCCn2c(C(C)(C)O)nc3ccccc32)c1. The van der Waals surface area contributed by atoms with Crippen LogP contribution in [-0.2, 0) is 12.1 Å². The van der Waals surface area contributed by atoms with E-state index in [0.29, 0.717) is 12.4 Å². The van der Waals surface area contributed by atoms with Crippen LogP contribution >= 0.6 is 0 Å². The molecular formula is C22H28N2O2. The first-order valence-corrected chi connectivity index (χ1v) is 9.24. The Morgan fingerprint density at radius 2 is 1.73 bits per heavy atom. The van der Waals surface area contributed by atoms with Crippen LogP contribution < -0.4 is 4.74 Å². The van der Waals surface area contributed by atoms with E-state index in [2.05, 4.69) is 47.7 Å². The van der Waals surface area contributed by atoms with Gasteiger partial charge in [0.05, 0.1) is 17.6 Å². The van der Waals surface area contributed by atoms with Crippen LogP contribution in [0.5, 0.6) is 5.75 Å². The van der Waals surface area contributed by atoms with Gasteiger partial charge in [0.1, 0.15) is 17.2 Å². The number of aryl methyl sites for hydroxylation is 3. The van der Waals surface area contributed by atoms with Crippen LogP contribution in [0, 0.1) is 13.8 Å². The highest BCUT2D eigenvalue weighted by Crippen LogP contribution is 2.25. The van der Waals surface area contributed by atoms with Crippen molar-refractivity contribution in [3.05, 3.63) is 59.4 Å². The number of rotatable bonds is 7. The third-order valence-corrected chi connectivity index (χ3v) is 4.44. The van der Waals surface area contributed by atoms with Gasteiger partial charge in [0.15, 0.2) is 0 Å². The first-order chi connectivity index (χ1) is 12.3. The van der Waals surface area contributed by atoms with E-state index in [4.69, 9.17) is 4.74 Å². The standard InChI is InChI=1S/C22H28N2O2/c1-16-13-17(2)15-18(14-16)26-12-8-7-11-24-20-10-6-5-9-19(20)23-21(24)22(3,4)25/h5-6,9-10,13-15,25H,7-8,11-12H2,1-4H3. The minimum absolute atomic E-state index is 0.688. The van der Waals surface area contributed by atoms with Gasteiger partial charge in [0.2, 0.25) is 0 Å². The lowest BCUT2D eigenvalue weighted by molar-refractivity contribution is 0.0650.